The van der Waals surface area contributed by atoms with Crippen LogP contribution in [0.5, 0.6) is 0 Å². The minimum Gasteiger partial charge on any atom is -0.480 e. The van der Waals surface area contributed by atoms with Crippen LogP contribution in [0.25, 0.3) is 5.57 Å². The number of nitrogens with zero attached hydrogens (tertiary/aromatic N) is 2. The summed E-state index contributed by atoms with van der Waals surface area (Å²) in [7, 11) is -4.03. The highest BCUT2D eigenvalue weighted by molar-refractivity contribution is 7.89. The molecule has 1 aliphatic heterocycles. The number of aliphatic carboxylic acids is 1. The number of nitrogens with two attached hydrogens (primary N) is 2. The highest BCUT2D eigenvalue weighted by atomic mass is 32.2. The van der Waals surface area contributed by atoms with Crippen LogP contribution in [-0.4, -0.2) is 78.3 Å². The molecule has 0 aliphatic carbocycles. The van der Waals surface area contributed by atoms with Gasteiger partial charge in [0.2, 0.25) is 10.0 Å². The van der Waals surface area contributed by atoms with Crippen LogP contribution in [0.1, 0.15) is 47.3 Å². The Bertz CT molecular complexity index is 1830. The Morgan fingerprint density at radius 2 is 1.59 bits per heavy atom. The number of carbonyl (C=O) groups is 3. The number of guanidine groups is 1. The van der Waals surface area contributed by atoms with Gasteiger partial charge in [0.1, 0.15) is 6.04 Å². The van der Waals surface area contributed by atoms with E-state index in [1.54, 1.807) is 54.7 Å². The Balaban J connectivity index is 1.67. The van der Waals surface area contributed by atoms with Gasteiger partial charge in [0.25, 0.3) is 0 Å². The van der Waals surface area contributed by atoms with Crippen LogP contribution in [-0.2, 0) is 37.3 Å². The fourth-order valence-electron chi connectivity index (χ4n) is 5.84. The molecule has 0 saturated carbocycles. The highest BCUT2D eigenvalue weighted by Gasteiger charge is 2.45. The standard InChI is InChI=1S/C34H40N6O8S/c1-3-40(4-2)31(28(21-37-34(40)35)25-11-8-12-27(19-25)49(36,46)47)38-26(17-23-13-15-24(16-14-23)32(42)43)20-30(41)48-39-29(33(44)45)18-22-9-6-5-7-10-22/h5-16,19,21,26,29,31,38-39H,3-4,17-18,20H2,1-2H3,(H5-,35,36,37,42,43,44,45,46,47)/p+1/t26-,29-,31?/m0/s1. The number of rotatable bonds is 16. The summed E-state index contributed by atoms with van der Waals surface area (Å²) < 4.78 is 24.6. The third-order valence-electron chi connectivity index (χ3n) is 8.59. The molecule has 0 aromatic heterocycles. The normalized spacial score (nSPS) is 16.9. The molecule has 0 saturated heterocycles. The zero-order chi connectivity index (χ0) is 35.8. The summed E-state index contributed by atoms with van der Waals surface area (Å²) in [4.78, 5) is 46.4. The minimum absolute atomic E-state index is 0.0699. The molecule has 49 heavy (non-hydrogen) atoms. The summed E-state index contributed by atoms with van der Waals surface area (Å²) in [5.41, 5.74) is 11.6. The van der Waals surface area contributed by atoms with Crippen molar-refractivity contribution in [1.29, 1.82) is 0 Å². The Morgan fingerprint density at radius 1 is 0.939 bits per heavy atom. The minimum atomic E-state index is -4.03. The lowest BCUT2D eigenvalue weighted by Crippen LogP contribution is -2.69. The lowest BCUT2D eigenvalue weighted by atomic mass is 9.96. The fourth-order valence-corrected chi connectivity index (χ4v) is 6.40. The second kappa shape index (κ2) is 16.0. The molecular weight excluding hydrogens is 652 g/mol. The maximum absolute atomic E-state index is 13.3. The van der Waals surface area contributed by atoms with E-state index >= 15 is 0 Å². The van der Waals surface area contributed by atoms with Crippen molar-refractivity contribution in [2.75, 3.05) is 13.1 Å². The molecule has 0 radical (unpaired) electrons. The van der Waals surface area contributed by atoms with Gasteiger partial charge in [-0.25, -0.2) is 22.8 Å². The van der Waals surface area contributed by atoms with Crippen molar-refractivity contribution in [2.24, 2.45) is 15.9 Å². The summed E-state index contributed by atoms with van der Waals surface area (Å²) in [5, 5.41) is 28.1. The monoisotopic (exact) mass is 693 g/mol. The molecule has 0 bridgehead atoms. The summed E-state index contributed by atoms with van der Waals surface area (Å²) in [5.74, 6) is -2.73. The van der Waals surface area contributed by atoms with E-state index in [4.69, 9.17) is 15.7 Å². The molecule has 15 heteroatoms. The molecule has 8 N–H and O–H groups in total. The number of aromatic carboxylic acids is 1. The predicted molar refractivity (Wildman–Crippen MR) is 182 cm³/mol. The van der Waals surface area contributed by atoms with Gasteiger partial charge in [-0.05, 0) is 61.2 Å². The average molecular weight is 694 g/mol. The number of carboxylic acids is 2. The number of hydrogen-bond donors (Lipinski definition) is 6. The van der Waals surface area contributed by atoms with E-state index in [2.05, 4.69) is 15.8 Å². The van der Waals surface area contributed by atoms with Crippen molar-refractivity contribution in [3.8, 4) is 0 Å². The SMILES string of the molecule is CC[N+]1(CC)C(N)=NC=C(c2cccc(S(N)(=O)=O)c2)C1N[C@H](CC(=O)ON[C@@H](Cc1ccccc1)C(=O)O)Cc1ccc(C(=O)O)cc1. The largest absolute Gasteiger partial charge is 0.480 e. The van der Waals surface area contributed by atoms with Crippen LogP contribution in [0.3, 0.4) is 0 Å². The first-order valence-corrected chi connectivity index (χ1v) is 17.2. The van der Waals surface area contributed by atoms with E-state index in [-0.39, 0.29) is 34.2 Å². The van der Waals surface area contributed by atoms with Crippen molar-refractivity contribution < 1.29 is 42.3 Å². The summed E-state index contributed by atoms with van der Waals surface area (Å²) >= 11 is 0. The van der Waals surface area contributed by atoms with Gasteiger partial charge in [-0.3, -0.25) is 14.9 Å². The smallest absolute Gasteiger partial charge is 0.335 e. The van der Waals surface area contributed by atoms with E-state index in [0.717, 1.165) is 5.56 Å². The first-order chi connectivity index (χ1) is 23.3. The van der Waals surface area contributed by atoms with Gasteiger partial charge in [0, 0.05) is 18.7 Å². The van der Waals surface area contributed by atoms with Crippen molar-refractivity contribution in [3.63, 3.8) is 0 Å². The van der Waals surface area contributed by atoms with Gasteiger partial charge in [-0.15, -0.1) is 5.48 Å². The lowest BCUT2D eigenvalue weighted by Gasteiger charge is -2.45. The van der Waals surface area contributed by atoms with Gasteiger partial charge in [0.05, 0.1) is 35.5 Å². The molecule has 1 aliphatic rings. The van der Waals surface area contributed by atoms with Crippen LogP contribution in [0, 0.1) is 0 Å². The Hall–Kier alpha value is -4.93. The molecule has 3 aromatic carbocycles. The number of quaternary nitrogens is 1. The molecular formula is C34H41N6O8S+. The van der Waals surface area contributed by atoms with Gasteiger partial charge < -0.3 is 20.8 Å². The van der Waals surface area contributed by atoms with E-state index in [9.17, 15) is 33.0 Å². The fraction of sp³-hybridized carbons (Fsp3) is 0.294. The summed E-state index contributed by atoms with van der Waals surface area (Å²) in [6.45, 7) is 4.81. The second-order valence-corrected chi connectivity index (χ2v) is 13.2. The average Bonchev–Trinajstić information content (AvgIpc) is 3.07. The van der Waals surface area contributed by atoms with Gasteiger partial charge in [-0.1, -0.05) is 54.6 Å². The topological polar surface area (TPSA) is 223 Å². The highest BCUT2D eigenvalue weighted by Crippen LogP contribution is 2.32. The number of hydroxylamine groups is 1. The van der Waals surface area contributed by atoms with Crippen LogP contribution >= 0.6 is 0 Å². The number of carbonyl (C=O) groups excluding carboxylic acids is 1. The third kappa shape index (κ3) is 9.16. The summed E-state index contributed by atoms with van der Waals surface area (Å²) in [6.07, 6.45) is 0.970. The Morgan fingerprint density at radius 3 is 2.18 bits per heavy atom. The molecule has 4 rings (SSSR count). The number of sulfonamides is 1. The van der Waals surface area contributed by atoms with Crippen LogP contribution < -0.4 is 21.7 Å². The van der Waals surface area contributed by atoms with Crippen molar-refractivity contribution in [1.82, 2.24) is 10.8 Å². The third-order valence-corrected chi connectivity index (χ3v) is 9.50. The van der Waals surface area contributed by atoms with E-state index in [1.807, 2.05) is 19.9 Å². The van der Waals surface area contributed by atoms with Crippen LogP contribution in [0.2, 0.25) is 0 Å². The van der Waals surface area contributed by atoms with E-state index in [1.165, 1.54) is 24.3 Å². The number of benzene rings is 3. The molecule has 0 fully saturated rings. The van der Waals surface area contributed by atoms with Crippen molar-refractivity contribution in [2.45, 2.75) is 56.3 Å². The van der Waals surface area contributed by atoms with E-state index in [0.29, 0.717) is 35.7 Å². The Labute approximate surface area is 284 Å². The van der Waals surface area contributed by atoms with Crippen molar-refractivity contribution in [3.05, 3.63) is 107 Å². The van der Waals surface area contributed by atoms with Crippen LogP contribution in [0.4, 0.5) is 0 Å². The van der Waals surface area contributed by atoms with E-state index < -0.39 is 46.2 Å². The van der Waals surface area contributed by atoms with Crippen molar-refractivity contribution >= 4 is 39.5 Å². The first kappa shape index (κ1) is 36.9. The first-order valence-electron chi connectivity index (χ1n) is 15.6. The number of likely N-dealkylation sites (N-methyl/N-ethyl adjacent to an activating group) is 1. The number of primary sulfonamides is 1. The number of nitrogens with one attached hydrogen (secondary N) is 2. The molecule has 0 amide bonds. The molecule has 260 valence electrons. The van der Waals surface area contributed by atoms with Gasteiger partial charge in [-0.2, -0.15) is 4.99 Å². The molecule has 14 nitrogen and oxygen atoms in total. The molecule has 3 aromatic rings. The number of aliphatic imine (C=N–C) groups is 1. The molecule has 1 unspecified atom stereocenters. The zero-order valence-corrected chi connectivity index (χ0v) is 28.0. The number of carboxylic acid groups (broad SMARTS) is 2. The quantitative estimate of drug-likeness (QED) is 0.0943. The Kier molecular flexibility index (Phi) is 12.0. The van der Waals surface area contributed by atoms with Gasteiger partial charge >= 0.3 is 23.9 Å². The molecule has 0 spiro atoms. The predicted octanol–water partition coefficient (Wildman–Crippen LogP) is 2.22. The maximum atomic E-state index is 13.3. The lowest BCUT2D eigenvalue weighted by molar-refractivity contribution is -0.860. The summed E-state index contributed by atoms with van der Waals surface area (Å²) in [6, 6.07) is 19.4. The maximum Gasteiger partial charge on any atom is 0.335 e. The second-order valence-electron chi connectivity index (χ2n) is 11.7. The number of hydrogen-bond acceptors (Lipinski definition) is 10. The zero-order valence-electron chi connectivity index (χ0n) is 27.2. The van der Waals surface area contributed by atoms with Crippen LogP contribution in [0.15, 0.2) is 95.0 Å². The molecule has 1 heterocycles. The molecule has 3 atom stereocenters. The van der Waals surface area contributed by atoms with Gasteiger partial charge in [0.15, 0.2) is 6.17 Å².